The maximum Gasteiger partial charge on any atom is 0.212 e. The van der Waals surface area contributed by atoms with Crippen molar-refractivity contribution in [3.05, 3.63) is 30.6 Å². The summed E-state index contributed by atoms with van der Waals surface area (Å²) >= 11 is 1.64. The molecule has 1 fully saturated rings. The topological polar surface area (TPSA) is 45.9 Å². The zero-order valence-corrected chi connectivity index (χ0v) is 14.1. The van der Waals surface area contributed by atoms with Crippen molar-refractivity contribution in [1.82, 2.24) is 19.4 Å². The second-order valence-corrected chi connectivity index (χ2v) is 6.73. The molecule has 0 amide bonds. The number of benzene rings is 1. The van der Waals surface area contributed by atoms with Gasteiger partial charge in [-0.15, -0.1) is 0 Å². The molecule has 0 saturated carbocycles. The Kier molecular flexibility index (Phi) is 3.74. The molecule has 2 aliphatic rings. The van der Waals surface area contributed by atoms with Crippen LogP contribution in [0.4, 0.5) is 5.69 Å². The van der Waals surface area contributed by atoms with Gasteiger partial charge < -0.3 is 14.5 Å². The minimum Gasteiger partial charge on any atom is -0.497 e. The molecule has 120 valence electrons. The van der Waals surface area contributed by atoms with Gasteiger partial charge >= 0.3 is 0 Å². The van der Waals surface area contributed by atoms with Crippen LogP contribution in [0.1, 0.15) is 0 Å². The highest BCUT2D eigenvalue weighted by atomic mass is 32.2. The Balaban J connectivity index is 1.79. The summed E-state index contributed by atoms with van der Waals surface area (Å²) in [5.41, 5.74) is 0.939. The Labute approximate surface area is 139 Å². The van der Waals surface area contributed by atoms with Gasteiger partial charge in [-0.2, -0.15) is 0 Å². The quantitative estimate of drug-likeness (QED) is 0.802. The number of aliphatic imine (C=N–C) groups is 1. The lowest BCUT2D eigenvalue weighted by Gasteiger charge is -2.34. The van der Waals surface area contributed by atoms with E-state index in [1.54, 1.807) is 18.9 Å². The predicted octanol–water partition coefficient (Wildman–Crippen LogP) is 2.14. The van der Waals surface area contributed by atoms with Crippen molar-refractivity contribution in [1.29, 1.82) is 0 Å². The van der Waals surface area contributed by atoms with Crippen LogP contribution in [0.15, 0.2) is 45.6 Å². The van der Waals surface area contributed by atoms with E-state index < -0.39 is 0 Å². The first kappa shape index (κ1) is 14.6. The standard InChI is InChI=1S/C16H19N5OS/c1-19-7-9-20(10-8-19)15-18-13-11-12(22-2)3-4-14(13)23-16-17-5-6-21(15)16/h3-6,11H,7-10H2,1-2H3. The van der Waals surface area contributed by atoms with Crippen LogP contribution in [-0.4, -0.2) is 65.6 Å². The van der Waals surface area contributed by atoms with Crippen LogP contribution in [0, 0.1) is 0 Å². The van der Waals surface area contributed by atoms with Gasteiger partial charge in [-0.25, -0.2) is 9.98 Å². The van der Waals surface area contributed by atoms with Crippen molar-refractivity contribution >= 4 is 23.4 Å². The molecule has 23 heavy (non-hydrogen) atoms. The molecule has 0 radical (unpaired) electrons. The molecule has 0 N–H and O–H groups in total. The molecule has 1 aromatic heterocycles. The van der Waals surface area contributed by atoms with Crippen molar-refractivity contribution in [3.8, 4) is 5.75 Å². The summed E-state index contributed by atoms with van der Waals surface area (Å²) < 4.78 is 7.44. The molecule has 0 atom stereocenters. The van der Waals surface area contributed by atoms with Crippen LogP contribution in [0.5, 0.6) is 5.75 Å². The Morgan fingerprint density at radius 3 is 2.78 bits per heavy atom. The molecule has 1 saturated heterocycles. The smallest absolute Gasteiger partial charge is 0.212 e. The average Bonchev–Trinajstić information content (AvgIpc) is 2.97. The van der Waals surface area contributed by atoms with Gasteiger partial charge in [-0.05, 0) is 30.9 Å². The summed E-state index contributed by atoms with van der Waals surface area (Å²) in [6.45, 7) is 4.02. The van der Waals surface area contributed by atoms with Crippen LogP contribution in [-0.2, 0) is 0 Å². The minimum absolute atomic E-state index is 0.824. The maximum absolute atomic E-state index is 5.35. The van der Waals surface area contributed by atoms with Gasteiger partial charge in [0.05, 0.1) is 12.8 Å². The first-order valence-electron chi connectivity index (χ1n) is 7.66. The summed E-state index contributed by atoms with van der Waals surface area (Å²) in [7, 11) is 3.84. The third kappa shape index (κ3) is 2.70. The summed E-state index contributed by atoms with van der Waals surface area (Å²) in [6, 6.07) is 6.01. The van der Waals surface area contributed by atoms with E-state index in [9.17, 15) is 0 Å². The fraction of sp³-hybridized carbons (Fsp3) is 0.375. The largest absolute Gasteiger partial charge is 0.497 e. The number of ether oxygens (including phenoxy) is 1. The Bertz CT molecular complexity index is 749. The molecule has 4 rings (SSSR count). The molecule has 7 heteroatoms. The van der Waals surface area contributed by atoms with Gasteiger partial charge in [0.15, 0.2) is 5.16 Å². The number of aromatic nitrogens is 2. The predicted molar refractivity (Wildman–Crippen MR) is 90.9 cm³/mol. The average molecular weight is 329 g/mol. The van der Waals surface area contributed by atoms with Gasteiger partial charge in [0.25, 0.3) is 0 Å². The van der Waals surface area contributed by atoms with Crippen molar-refractivity contribution in [2.75, 3.05) is 40.3 Å². The van der Waals surface area contributed by atoms with Gasteiger partial charge in [0.2, 0.25) is 5.96 Å². The number of likely N-dealkylation sites (N-methyl/N-ethyl adjacent to an activating group) is 1. The highest BCUT2D eigenvalue weighted by Crippen LogP contribution is 2.39. The highest BCUT2D eigenvalue weighted by molar-refractivity contribution is 7.99. The number of fused-ring (bicyclic) bond motifs is 2. The fourth-order valence-electron chi connectivity index (χ4n) is 2.80. The number of piperazine rings is 1. The van der Waals surface area contributed by atoms with E-state index in [0.717, 1.165) is 53.6 Å². The van der Waals surface area contributed by atoms with Crippen LogP contribution in [0.25, 0.3) is 0 Å². The van der Waals surface area contributed by atoms with E-state index in [-0.39, 0.29) is 0 Å². The highest BCUT2D eigenvalue weighted by Gasteiger charge is 2.24. The molecule has 6 nitrogen and oxygen atoms in total. The van der Waals surface area contributed by atoms with Crippen LogP contribution < -0.4 is 4.74 Å². The van der Waals surface area contributed by atoms with Crippen LogP contribution in [0.2, 0.25) is 0 Å². The van der Waals surface area contributed by atoms with Crippen LogP contribution in [0.3, 0.4) is 0 Å². The monoisotopic (exact) mass is 329 g/mol. The number of nitrogens with zero attached hydrogens (tertiary/aromatic N) is 5. The van der Waals surface area contributed by atoms with E-state index >= 15 is 0 Å². The zero-order valence-electron chi connectivity index (χ0n) is 13.3. The first-order valence-corrected chi connectivity index (χ1v) is 8.48. The number of methoxy groups -OCH3 is 1. The molecular weight excluding hydrogens is 310 g/mol. The van der Waals surface area contributed by atoms with Crippen molar-refractivity contribution < 1.29 is 4.74 Å². The van der Waals surface area contributed by atoms with Crippen molar-refractivity contribution in [3.63, 3.8) is 0 Å². The molecule has 0 unspecified atom stereocenters. The lowest BCUT2D eigenvalue weighted by molar-refractivity contribution is 0.211. The summed E-state index contributed by atoms with van der Waals surface area (Å²) in [6.07, 6.45) is 3.82. The third-order valence-electron chi connectivity index (χ3n) is 4.20. The van der Waals surface area contributed by atoms with Gasteiger partial charge in [0, 0.05) is 49.5 Å². The maximum atomic E-state index is 5.35. The van der Waals surface area contributed by atoms with E-state index in [1.165, 1.54) is 0 Å². The van der Waals surface area contributed by atoms with Crippen molar-refractivity contribution in [2.24, 2.45) is 4.99 Å². The fourth-order valence-corrected chi connectivity index (χ4v) is 3.70. The van der Waals surface area contributed by atoms with E-state index in [1.807, 2.05) is 30.6 Å². The molecule has 0 aliphatic carbocycles. The molecule has 2 aromatic rings. The SMILES string of the molecule is COc1ccc2c(c1)N=C(N1CCN(C)CC1)n1ccnc1S2. The second-order valence-electron chi connectivity index (χ2n) is 5.72. The normalized spacial score (nSPS) is 18.0. The Morgan fingerprint density at radius 2 is 2.00 bits per heavy atom. The van der Waals surface area contributed by atoms with Crippen LogP contribution >= 0.6 is 11.8 Å². The number of imidazole rings is 1. The lowest BCUT2D eigenvalue weighted by atomic mass is 10.3. The number of hydrogen-bond acceptors (Lipinski definition) is 6. The van der Waals surface area contributed by atoms with Gasteiger partial charge in [-0.3, -0.25) is 4.57 Å². The van der Waals surface area contributed by atoms with E-state index in [2.05, 4.69) is 26.4 Å². The molecule has 1 aromatic carbocycles. The van der Waals surface area contributed by atoms with Gasteiger partial charge in [0.1, 0.15) is 5.75 Å². The third-order valence-corrected chi connectivity index (χ3v) is 5.25. The molecular formula is C16H19N5OS. The van der Waals surface area contributed by atoms with Gasteiger partial charge in [-0.1, -0.05) is 0 Å². The minimum atomic E-state index is 0.824. The van der Waals surface area contributed by atoms with Crippen molar-refractivity contribution in [2.45, 2.75) is 10.1 Å². The Morgan fingerprint density at radius 1 is 1.17 bits per heavy atom. The van der Waals surface area contributed by atoms with E-state index in [0.29, 0.717) is 0 Å². The second kappa shape index (κ2) is 5.90. The van der Waals surface area contributed by atoms with E-state index in [4.69, 9.17) is 9.73 Å². The molecule has 0 bridgehead atoms. The molecule has 3 heterocycles. The molecule has 2 aliphatic heterocycles. The summed E-state index contributed by atoms with van der Waals surface area (Å²) in [4.78, 5) is 15.2. The Hall–Kier alpha value is -1.99. The number of rotatable bonds is 1. The zero-order chi connectivity index (χ0) is 15.8. The first-order chi connectivity index (χ1) is 11.2. The number of hydrogen-bond donors (Lipinski definition) is 0. The summed E-state index contributed by atoms with van der Waals surface area (Å²) in [5.74, 6) is 1.77. The summed E-state index contributed by atoms with van der Waals surface area (Å²) in [5, 5.41) is 0.951. The molecule has 0 spiro atoms. The lowest BCUT2D eigenvalue weighted by Crippen LogP contribution is -2.49.